The second-order valence-corrected chi connectivity index (χ2v) is 9.81. The van der Waals surface area contributed by atoms with E-state index in [1.165, 1.54) is 48.5 Å². The van der Waals surface area contributed by atoms with Crippen LogP contribution in [0.15, 0.2) is 58.3 Å². The normalized spacial score (nSPS) is 12.3. The summed E-state index contributed by atoms with van der Waals surface area (Å²) >= 11 is 0. The summed E-state index contributed by atoms with van der Waals surface area (Å²) in [7, 11) is -8.99. The summed E-state index contributed by atoms with van der Waals surface area (Å²) in [5.74, 6) is -1.43. The van der Waals surface area contributed by atoms with E-state index in [0.29, 0.717) is 0 Å². The van der Waals surface area contributed by atoms with Gasteiger partial charge in [-0.25, -0.2) is 16.8 Å². The van der Waals surface area contributed by atoms with Crippen LogP contribution >= 0.6 is 0 Å². The number of sulfone groups is 2. The lowest BCUT2D eigenvalue weighted by Crippen LogP contribution is -2.42. The number of carbonyl (C=O) groups is 1. The van der Waals surface area contributed by atoms with Gasteiger partial charge in [0.25, 0.3) is 5.91 Å². The molecule has 0 aliphatic heterocycles. The monoisotopic (exact) mass is 367 g/mol. The Morgan fingerprint density at radius 2 is 1.04 bits per heavy atom. The first-order valence-electron chi connectivity index (χ1n) is 6.97. The molecule has 0 heterocycles. The van der Waals surface area contributed by atoms with E-state index in [1.807, 2.05) is 0 Å². The SMILES string of the molecule is Cc1ccc(S(=O)(=O)C(C(N)=O)S(=O)(=O)c2ccc(C)cc2)cc1. The molecule has 0 aliphatic carbocycles. The highest BCUT2D eigenvalue weighted by Crippen LogP contribution is 2.26. The third-order valence-corrected chi connectivity index (χ3v) is 8.47. The Hall–Kier alpha value is -2.19. The molecule has 8 heteroatoms. The first-order chi connectivity index (χ1) is 11.1. The maximum atomic E-state index is 12.7. The zero-order valence-electron chi connectivity index (χ0n) is 13.1. The summed E-state index contributed by atoms with van der Waals surface area (Å²) < 4.78 is 48.4. The van der Waals surface area contributed by atoms with Gasteiger partial charge in [0.1, 0.15) is 0 Å². The Bertz CT molecular complexity index is 885. The molecule has 2 rings (SSSR count). The van der Waals surface area contributed by atoms with Crippen LogP contribution < -0.4 is 5.73 Å². The van der Waals surface area contributed by atoms with Crippen LogP contribution in [0.1, 0.15) is 11.1 Å². The van der Waals surface area contributed by atoms with Crippen molar-refractivity contribution in [2.45, 2.75) is 28.2 Å². The van der Waals surface area contributed by atoms with Crippen molar-refractivity contribution >= 4 is 25.6 Å². The molecule has 2 aromatic carbocycles. The predicted molar refractivity (Wildman–Crippen MR) is 89.7 cm³/mol. The van der Waals surface area contributed by atoms with Crippen LogP contribution in [0.25, 0.3) is 0 Å². The van der Waals surface area contributed by atoms with Crippen LogP contribution in [0.4, 0.5) is 0 Å². The zero-order valence-corrected chi connectivity index (χ0v) is 14.8. The van der Waals surface area contributed by atoms with Gasteiger partial charge < -0.3 is 5.73 Å². The van der Waals surface area contributed by atoms with Gasteiger partial charge in [-0.15, -0.1) is 0 Å². The van der Waals surface area contributed by atoms with Crippen LogP contribution in [-0.4, -0.2) is 27.3 Å². The number of carbonyl (C=O) groups excluding carboxylic acids is 1. The Balaban J connectivity index is 2.63. The van der Waals surface area contributed by atoms with Gasteiger partial charge in [-0.2, -0.15) is 0 Å². The molecule has 2 N–H and O–H groups in total. The molecule has 0 radical (unpaired) electrons. The van der Waals surface area contributed by atoms with E-state index in [4.69, 9.17) is 5.73 Å². The van der Waals surface area contributed by atoms with Gasteiger partial charge in [0.15, 0.2) is 0 Å². The molecule has 0 spiro atoms. The fraction of sp³-hybridized carbons (Fsp3) is 0.188. The third-order valence-electron chi connectivity index (χ3n) is 3.50. The van der Waals surface area contributed by atoms with E-state index in [0.717, 1.165) is 11.1 Å². The summed E-state index contributed by atoms with van der Waals surface area (Å²) in [6, 6.07) is 11.1. The minimum absolute atomic E-state index is 0.271. The van der Waals surface area contributed by atoms with Crippen molar-refractivity contribution in [3.05, 3.63) is 59.7 Å². The van der Waals surface area contributed by atoms with Gasteiger partial charge in [-0.05, 0) is 38.1 Å². The lowest BCUT2D eigenvalue weighted by atomic mass is 10.2. The Kier molecular flexibility index (Phi) is 4.82. The second kappa shape index (κ2) is 6.37. The molecular weight excluding hydrogens is 350 g/mol. The molecule has 0 saturated carbocycles. The van der Waals surface area contributed by atoms with Crippen molar-refractivity contribution in [3.8, 4) is 0 Å². The van der Waals surface area contributed by atoms with Crippen molar-refractivity contribution in [2.24, 2.45) is 5.73 Å². The number of hydrogen-bond donors (Lipinski definition) is 1. The Morgan fingerprint density at radius 3 is 1.29 bits per heavy atom. The minimum atomic E-state index is -4.50. The van der Waals surface area contributed by atoms with Gasteiger partial charge in [0.2, 0.25) is 24.3 Å². The van der Waals surface area contributed by atoms with Gasteiger partial charge in [-0.1, -0.05) is 35.4 Å². The lowest BCUT2D eigenvalue weighted by Gasteiger charge is -2.16. The first kappa shape index (κ1) is 18.2. The molecule has 0 saturated heterocycles. The van der Waals surface area contributed by atoms with Gasteiger partial charge in [-0.3, -0.25) is 4.79 Å². The molecule has 0 aliphatic rings. The van der Waals surface area contributed by atoms with E-state index in [9.17, 15) is 21.6 Å². The molecule has 0 bridgehead atoms. The van der Waals surface area contributed by atoms with Crippen LogP contribution in [0, 0.1) is 13.8 Å². The van der Waals surface area contributed by atoms with E-state index in [-0.39, 0.29) is 9.79 Å². The largest absolute Gasteiger partial charge is 0.368 e. The molecule has 0 aromatic heterocycles. The molecule has 24 heavy (non-hydrogen) atoms. The molecule has 1 amide bonds. The summed E-state index contributed by atoms with van der Waals surface area (Å²) in [6.07, 6.45) is 0. The van der Waals surface area contributed by atoms with E-state index >= 15 is 0 Å². The van der Waals surface area contributed by atoms with Gasteiger partial charge in [0.05, 0.1) is 9.79 Å². The number of nitrogens with two attached hydrogens (primary N) is 1. The summed E-state index contributed by atoms with van der Waals surface area (Å²) in [6.45, 7) is 3.51. The molecule has 0 atom stereocenters. The van der Waals surface area contributed by atoms with Crippen LogP contribution in [0.5, 0.6) is 0 Å². The van der Waals surface area contributed by atoms with E-state index < -0.39 is 30.2 Å². The fourth-order valence-electron chi connectivity index (χ4n) is 2.18. The van der Waals surface area contributed by atoms with Crippen molar-refractivity contribution in [1.82, 2.24) is 0 Å². The number of aryl methyl sites for hydroxylation is 2. The average Bonchev–Trinajstić information content (AvgIpc) is 2.47. The third kappa shape index (κ3) is 3.34. The van der Waals surface area contributed by atoms with Gasteiger partial charge >= 0.3 is 0 Å². The maximum absolute atomic E-state index is 12.7. The minimum Gasteiger partial charge on any atom is -0.368 e. The zero-order chi connectivity index (χ0) is 18.1. The van der Waals surface area contributed by atoms with Crippen LogP contribution in [0.2, 0.25) is 0 Å². The fourth-order valence-corrected chi connectivity index (χ4v) is 6.31. The average molecular weight is 367 g/mol. The summed E-state index contributed by atoms with van der Waals surface area (Å²) in [4.78, 5) is 11.2. The predicted octanol–water partition coefficient (Wildman–Crippen LogP) is 1.36. The molecule has 0 unspecified atom stereocenters. The Morgan fingerprint density at radius 1 is 0.750 bits per heavy atom. The number of amides is 1. The van der Waals surface area contributed by atoms with E-state index in [2.05, 4.69) is 0 Å². The van der Waals surface area contributed by atoms with Crippen LogP contribution in [0.3, 0.4) is 0 Å². The topological polar surface area (TPSA) is 111 Å². The molecule has 0 fully saturated rings. The van der Waals surface area contributed by atoms with Crippen molar-refractivity contribution in [1.29, 1.82) is 0 Å². The maximum Gasteiger partial charge on any atom is 0.252 e. The summed E-state index contributed by atoms with van der Waals surface area (Å²) in [5.41, 5.74) is 6.74. The number of benzene rings is 2. The smallest absolute Gasteiger partial charge is 0.252 e. The highest BCUT2D eigenvalue weighted by Gasteiger charge is 2.44. The van der Waals surface area contributed by atoms with Crippen molar-refractivity contribution < 1.29 is 21.6 Å². The second-order valence-electron chi connectivity index (χ2n) is 5.45. The molecule has 2 aromatic rings. The Labute approximate surface area is 141 Å². The standard InChI is InChI=1S/C16H17NO5S2/c1-11-3-7-13(8-4-11)23(19,20)16(15(17)18)24(21,22)14-9-5-12(2)6-10-14/h3-10,16H,1-2H3,(H2,17,18). The lowest BCUT2D eigenvalue weighted by molar-refractivity contribution is -0.116. The molecular formula is C16H17NO5S2. The van der Waals surface area contributed by atoms with Crippen molar-refractivity contribution in [3.63, 3.8) is 0 Å². The number of hydrogen-bond acceptors (Lipinski definition) is 5. The highest BCUT2D eigenvalue weighted by molar-refractivity contribution is 8.10. The molecule has 6 nitrogen and oxygen atoms in total. The number of primary amides is 1. The van der Waals surface area contributed by atoms with Crippen LogP contribution in [-0.2, 0) is 24.5 Å². The van der Waals surface area contributed by atoms with Crippen molar-refractivity contribution in [2.75, 3.05) is 0 Å². The van der Waals surface area contributed by atoms with E-state index in [1.54, 1.807) is 13.8 Å². The first-order valence-corrected chi connectivity index (χ1v) is 10.1. The number of rotatable bonds is 5. The summed E-state index contributed by atoms with van der Waals surface area (Å²) in [5, 5.41) is 0. The quantitative estimate of drug-likeness (QED) is 0.858. The molecule has 128 valence electrons. The highest BCUT2D eigenvalue weighted by atomic mass is 32.3. The van der Waals surface area contributed by atoms with Gasteiger partial charge in [0, 0.05) is 0 Å².